The lowest BCUT2D eigenvalue weighted by atomic mass is 9.80. The van der Waals surface area contributed by atoms with Crippen molar-refractivity contribution >= 4 is 12.6 Å². The molecule has 0 bridgehead atoms. The van der Waals surface area contributed by atoms with Gasteiger partial charge in [0, 0.05) is 5.41 Å². The van der Waals surface area contributed by atoms with Crippen LogP contribution in [0.3, 0.4) is 0 Å². The number of rotatable bonds is 0. The third-order valence-corrected chi connectivity index (χ3v) is 3.57. The molecule has 0 aliphatic heterocycles. The van der Waals surface area contributed by atoms with Crippen LogP contribution in [0.4, 0.5) is 0 Å². The van der Waals surface area contributed by atoms with E-state index in [0.717, 1.165) is 6.42 Å². The third kappa shape index (κ3) is 0.470. The van der Waals surface area contributed by atoms with Gasteiger partial charge in [-0.25, -0.2) is 0 Å². The second kappa shape index (κ2) is 1.29. The molecule has 1 atom stereocenters. The van der Waals surface area contributed by atoms with Crippen LogP contribution < -0.4 is 0 Å². The highest BCUT2D eigenvalue weighted by Gasteiger charge is 2.68. The summed E-state index contributed by atoms with van der Waals surface area (Å²) in [4.78, 5) is 0. The average molecular weight is 139 g/mol. The summed E-state index contributed by atoms with van der Waals surface area (Å²) < 4.78 is -0.217. The first-order valence-corrected chi connectivity index (χ1v) is 3.81. The van der Waals surface area contributed by atoms with Crippen LogP contribution in [0.1, 0.15) is 25.7 Å². The van der Waals surface area contributed by atoms with Gasteiger partial charge in [0.05, 0.1) is 6.07 Å². The summed E-state index contributed by atoms with van der Waals surface area (Å²) in [6.07, 6.45) is 4.83. The van der Waals surface area contributed by atoms with E-state index >= 15 is 0 Å². The highest BCUT2D eigenvalue weighted by atomic mass is 32.1. The molecule has 0 N–H and O–H groups in total. The molecule has 48 valence electrons. The van der Waals surface area contributed by atoms with Gasteiger partial charge >= 0.3 is 0 Å². The molecule has 2 aliphatic carbocycles. The van der Waals surface area contributed by atoms with Gasteiger partial charge in [-0.3, -0.25) is 0 Å². The minimum Gasteiger partial charge on any atom is -0.197 e. The molecule has 0 unspecified atom stereocenters. The second-order valence-electron chi connectivity index (χ2n) is 3.28. The zero-order chi connectivity index (χ0) is 6.54. The Balaban J connectivity index is 2.17. The molecule has 1 spiro atoms. The molecule has 0 saturated heterocycles. The molecular formula is C7H9NS. The molecule has 2 heteroatoms. The fraction of sp³-hybridized carbons (Fsp3) is 0.857. The minimum absolute atomic E-state index is 0.217. The lowest BCUT2D eigenvalue weighted by Gasteiger charge is -2.27. The third-order valence-electron chi connectivity index (χ3n) is 2.84. The number of hydrogen-bond donors (Lipinski definition) is 1. The molecule has 0 radical (unpaired) electrons. The molecule has 0 amide bonds. The summed E-state index contributed by atoms with van der Waals surface area (Å²) in [5, 5.41) is 8.64. The standard InChI is InChI=1S/C7H9NS/c8-5-7(9)4-6(7)2-1-3-6/h9H,1-4H2/t7-/m1/s1. The normalized spacial score (nSPS) is 43.6. The highest BCUT2D eigenvalue weighted by molar-refractivity contribution is 7.82. The van der Waals surface area contributed by atoms with Crippen LogP contribution in [0.2, 0.25) is 0 Å². The summed E-state index contributed by atoms with van der Waals surface area (Å²) in [6, 6.07) is 2.27. The molecule has 0 heterocycles. The van der Waals surface area contributed by atoms with Crippen molar-refractivity contribution in [1.82, 2.24) is 0 Å². The van der Waals surface area contributed by atoms with Crippen LogP contribution in [-0.4, -0.2) is 4.75 Å². The maximum Gasteiger partial charge on any atom is 0.106 e. The Morgan fingerprint density at radius 1 is 1.44 bits per heavy atom. The quantitative estimate of drug-likeness (QED) is 0.508. The van der Waals surface area contributed by atoms with Crippen molar-refractivity contribution < 1.29 is 0 Å². The van der Waals surface area contributed by atoms with Gasteiger partial charge in [0.1, 0.15) is 4.75 Å². The first-order valence-electron chi connectivity index (χ1n) is 3.36. The van der Waals surface area contributed by atoms with Crippen LogP contribution in [-0.2, 0) is 0 Å². The molecular weight excluding hydrogens is 130 g/mol. The first kappa shape index (κ1) is 5.61. The average Bonchev–Trinajstić information content (AvgIpc) is 2.38. The molecule has 2 aliphatic rings. The Bertz CT molecular complexity index is 190. The van der Waals surface area contributed by atoms with Gasteiger partial charge < -0.3 is 0 Å². The Hall–Kier alpha value is -0.160. The smallest absolute Gasteiger partial charge is 0.106 e. The van der Waals surface area contributed by atoms with E-state index in [1.54, 1.807) is 0 Å². The van der Waals surface area contributed by atoms with Gasteiger partial charge in [0.15, 0.2) is 0 Å². The van der Waals surface area contributed by atoms with Gasteiger partial charge in [0.2, 0.25) is 0 Å². The predicted molar refractivity (Wildman–Crippen MR) is 38.2 cm³/mol. The van der Waals surface area contributed by atoms with Gasteiger partial charge in [0.25, 0.3) is 0 Å². The summed E-state index contributed by atoms with van der Waals surface area (Å²) in [5.41, 5.74) is 0.380. The fourth-order valence-electron chi connectivity index (χ4n) is 1.80. The van der Waals surface area contributed by atoms with Crippen LogP contribution >= 0.6 is 12.6 Å². The summed E-state index contributed by atoms with van der Waals surface area (Å²) in [7, 11) is 0. The predicted octanol–water partition coefficient (Wildman–Crippen LogP) is 1.75. The van der Waals surface area contributed by atoms with Gasteiger partial charge in [-0.05, 0) is 19.3 Å². The molecule has 9 heavy (non-hydrogen) atoms. The van der Waals surface area contributed by atoms with E-state index in [1.807, 2.05) is 0 Å². The Morgan fingerprint density at radius 3 is 2.22 bits per heavy atom. The van der Waals surface area contributed by atoms with E-state index in [0.29, 0.717) is 5.41 Å². The zero-order valence-corrected chi connectivity index (χ0v) is 6.12. The van der Waals surface area contributed by atoms with Gasteiger partial charge in [-0.2, -0.15) is 17.9 Å². The lowest BCUT2D eigenvalue weighted by molar-refractivity contribution is 0.281. The summed E-state index contributed by atoms with van der Waals surface area (Å²) >= 11 is 4.32. The molecule has 0 aromatic rings. The van der Waals surface area contributed by atoms with Crippen molar-refractivity contribution in [2.45, 2.75) is 30.4 Å². The SMILES string of the molecule is N#C[C@]1(S)CC12CCC2. The van der Waals surface area contributed by atoms with Crippen molar-refractivity contribution in [1.29, 1.82) is 5.26 Å². The van der Waals surface area contributed by atoms with Crippen LogP contribution in [0.5, 0.6) is 0 Å². The number of thiol groups is 1. The van der Waals surface area contributed by atoms with E-state index < -0.39 is 0 Å². The molecule has 2 rings (SSSR count). The van der Waals surface area contributed by atoms with Crippen molar-refractivity contribution in [2.75, 3.05) is 0 Å². The molecule has 2 saturated carbocycles. The number of nitriles is 1. The monoisotopic (exact) mass is 139 g/mol. The van der Waals surface area contributed by atoms with Crippen molar-refractivity contribution in [2.24, 2.45) is 5.41 Å². The Morgan fingerprint density at radius 2 is 2.11 bits per heavy atom. The first-order chi connectivity index (χ1) is 4.22. The van der Waals surface area contributed by atoms with Crippen LogP contribution in [0.15, 0.2) is 0 Å². The van der Waals surface area contributed by atoms with Gasteiger partial charge in [-0.15, -0.1) is 0 Å². The summed E-state index contributed by atoms with van der Waals surface area (Å²) in [5.74, 6) is 0. The van der Waals surface area contributed by atoms with Crippen LogP contribution in [0.25, 0.3) is 0 Å². The Labute approximate surface area is 60.5 Å². The van der Waals surface area contributed by atoms with E-state index in [-0.39, 0.29) is 4.75 Å². The van der Waals surface area contributed by atoms with Crippen LogP contribution in [0, 0.1) is 16.7 Å². The van der Waals surface area contributed by atoms with Crippen molar-refractivity contribution in [3.63, 3.8) is 0 Å². The zero-order valence-electron chi connectivity index (χ0n) is 5.22. The second-order valence-corrected chi connectivity index (χ2v) is 4.05. The topological polar surface area (TPSA) is 23.8 Å². The van der Waals surface area contributed by atoms with E-state index in [2.05, 4.69) is 18.7 Å². The maximum absolute atomic E-state index is 8.64. The van der Waals surface area contributed by atoms with E-state index in [1.165, 1.54) is 19.3 Å². The highest BCUT2D eigenvalue weighted by Crippen LogP contribution is 2.70. The van der Waals surface area contributed by atoms with Crippen molar-refractivity contribution in [3.8, 4) is 6.07 Å². The van der Waals surface area contributed by atoms with Crippen molar-refractivity contribution in [3.05, 3.63) is 0 Å². The van der Waals surface area contributed by atoms with Gasteiger partial charge in [-0.1, -0.05) is 6.42 Å². The number of nitrogens with zero attached hydrogens (tertiary/aromatic N) is 1. The molecule has 0 aromatic carbocycles. The molecule has 0 aromatic heterocycles. The molecule has 1 nitrogen and oxygen atoms in total. The lowest BCUT2D eigenvalue weighted by Crippen LogP contribution is -2.20. The van der Waals surface area contributed by atoms with E-state index in [9.17, 15) is 0 Å². The fourth-order valence-corrected chi connectivity index (χ4v) is 2.32. The number of hydrogen-bond acceptors (Lipinski definition) is 2. The summed E-state index contributed by atoms with van der Waals surface area (Å²) in [6.45, 7) is 0. The Kier molecular flexibility index (Phi) is 0.806. The maximum atomic E-state index is 8.64. The van der Waals surface area contributed by atoms with E-state index in [4.69, 9.17) is 5.26 Å². The largest absolute Gasteiger partial charge is 0.197 e. The molecule has 2 fully saturated rings. The minimum atomic E-state index is -0.217.